The molecule has 1 heterocycles. The van der Waals surface area contributed by atoms with Crippen molar-refractivity contribution >= 4 is 5.97 Å². The Morgan fingerprint density at radius 2 is 2.00 bits per heavy atom. The minimum atomic E-state index is -0.675. The van der Waals surface area contributed by atoms with Crippen molar-refractivity contribution in [1.29, 1.82) is 0 Å². The van der Waals surface area contributed by atoms with E-state index in [4.69, 9.17) is 0 Å². The van der Waals surface area contributed by atoms with Gasteiger partial charge in [-0.1, -0.05) is 12.8 Å². The molecule has 3 atom stereocenters. The van der Waals surface area contributed by atoms with Gasteiger partial charge in [-0.2, -0.15) is 0 Å². The van der Waals surface area contributed by atoms with Crippen molar-refractivity contribution in [2.45, 2.75) is 69.5 Å². The molecule has 0 radical (unpaired) electrons. The average Bonchev–Trinajstić information content (AvgIpc) is 3.13. The van der Waals surface area contributed by atoms with Crippen LogP contribution in [0.15, 0.2) is 0 Å². The number of carbonyl (C=O) groups is 1. The monoisotopic (exact) mass is 266 g/mol. The molecule has 0 amide bonds. The van der Waals surface area contributed by atoms with Crippen molar-refractivity contribution in [2.75, 3.05) is 13.1 Å². The molecule has 0 spiro atoms. The van der Waals surface area contributed by atoms with Crippen molar-refractivity contribution in [3.05, 3.63) is 0 Å². The number of nitrogens with zero attached hydrogens (tertiary/aromatic N) is 1. The number of carboxylic acid groups (broad SMARTS) is 1. The molecule has 3 rings (SSSR count). The number of nitrogens with one attached hydrogen (secondary N) is 1. The Labute approximate surface area is 115 Å². The standard InChI is InChI=1S/C15H26N2O2/c18-15(19)13(16-12-5-6-12)8-10-17-9-7-11-3-1-2-4-14(11)17/h11-14,16H,1-10H2,(H,18,19). The second-order valence-corrected chi connectivity index (χ2v) is 6.56. The summed E-state index contributed by atoms with van der Waals surface area (Å²) in [6.07, 6.45) is 9.88. The third-order valence-corrected chi connectivity index (χ3v) is 5.14. The quantitative estimate of drug-likeness (QED) is 0.770. The Balaban J connectivity index is 1.48. The van der Waals surface area contributed by atoms with Crippen LogP contribution in [-0.4, -0.2) is 47.2 Å². The molecule has 0 bridgehead atoms. The molecular weight excluding hydrogens is 240 g/mol. The zero-order valence-electron chi connectivity index (χ0n) is 11.7. The second-order valence-electron chi connectivity index (χ2n) is 6.56. The molecule has 2 saturated carbocycles. The number of hydrogen-bond acceptors (Lipinski definition) is 3. The van der Waals surface area contributed by atoms with Gasteiger partial charge in [0.1, 0.15) is 6.04 Å². The summed E-state index contributed by atoms with van der Waals surface area (Å²) >= 11 is 0. The van der Waals surface area contributed by atoms with Crippen LogP contribution in [0.1, 0.15) is 51.4 Å². The predicted octanol–water partition coefficient (Wildman–Crippen LogP) is 1.85. The molecule has 0 aromatic heterocycles. The topological polar surface area (TPSA) is 52.6 Å². The van der Waals surface area contributed by atoms with E-state index >= 15 is 0 Å². The lowest BCUT2D eigenvalue weighted by Gasteiger charge is -2.32. The Morgan fingerprint density at radius 3 is 2.74 bits per heavy atom. The summed E-state index contributed by atoms with van der Waals surface area (Å²) in [5, 5.41) is 12.5. The van der Waals surface area contributed by atoms with Gasteiger partial charge < -0.3 is 15.3 Å². The summed E-state index contributed by atoms with van der Waals surface area (Å²) in [6, 6.07) is 0.890. The highest BCUT2D eigenvalue weighted by Gasteiger charge is 2.36. The number of fused-ring (bicyclic) bond motifs is 1. The van der Waals surface area contributed by atoms with Gasteiger partial charge in [0.05, 0.1) is 0 Å². The largest absolute Gasteiger partial charge is 0.480 e. The fraction of sp³-hybridized carbons (Fsp3) is 0.933. The van der Waals surface area contributed by atoms with E-state index in [0.29, 0.717) is 6.04 Å². The maximum Gasteiger partial charge on any atom is 0.320 e. The molecule has 2 N–H and O–H groups in total. The number of rotatable bonds is 6. The number of carboxylic acids is 1. The lowest BCUT2D eigenvalue weighted by Crippen LogP contribution is -2.42. The van der Waals surface area contributed by atoms with Crippen molar-refractivity contribution in [3.63, 3.8) is 0 Å². The molecule has 3 fully saturated rings. The molecule has 108 valence electrons. The van der Waals surface area contributed by atoms with Gasteiger partial charge in [0.2, 0.25) is 0 Å². The van der Waals surface area contributed by atoms with Crippen LogP contribution in [0.4, 0.5) is 0 Å². The normalized spacial score (nSPS) is 33.1. The summed E-state index contributed by atoms with van der Waals surface area (Å²) in [4.78, 5) is 13.8. The fourth-order valence-corrected chi connectivity index (χ4v) is 3.89. The van der Waals surface area contributed by atoms with Gasteiger partial charge in [-0.05, 0) is 51.0 Å². The van der Waals surface area contributed by atoms with Crippen LogP contribution in [0.5, 0.6) is 0 Å². The fourth-order valence-electron chi connectivity index (χ4n) is 3.89. The first-order valence-corrected chi connectivity index (χ1v) is 7.97. The summed E-state index contributed by atoms with van der Waals surface area (Å²) in [5.74, 6) is 0.222. The molecule has 4 nitrogen and oxygen atoms in total. The molecular formula is C15H26N2O2. The summed E-state index contributed by atoms with van der Waals surface area (Å²) in [5.41, 5.74) is 0. The zero-order valence-corrected chi connectivity index (χ0v) is 11.7. The SMILES string of the molecule is O=C(O)C(CCN1CCC2CCCCC21)NC1CC1. The van der Waals surface area contributed by atoms with Gasteiger partial charge in [0.25, 0.3) is 0 Å². The van der Waals surface area contributed by atoms with Gasteiger partial charge in [-0.25, -0.2) is 0 Å². The van der Waals surface area contributed by atoms with Crippen LogP contribution in [-0.2, 0) is 4.79 Å². The van der Waals surface area contributed by atoms with E-state index < -0.39 is 5.97 Å². The number of likely N-dealkylation sites (tertiary alicyclic amines) is 1. The third-order valence-electron chi connectivity index (χ3n) is 5.14. The van der Waals surface area contributed by atoms with E-state index in [2.05, 4.69) is 10.2 Å². The molecule has 2 aliphatic carbocycles. The van der Waals surface area contributed by atoms with Gasteiger partial charge in [0.15, 0.2) is 0 Å². The minimum Gasteiger partial charge on any atom is -0.480 e. The van der Waals surface area contributed by atoms with Crippen molar-refractivity contribution < 1.29 is 9.90 Å². The van der Waals surface area contributed by atoms with Crippen LogP contribution in [0, 0.1) is 5.92 Å². The number of hydrogen-bond donors (Lipinski definition) is 2. The van der Waals surface area contributed by atoms with Crippen molar-refractivity contribution in [3.8, 4) is 0 Å². The average molecular weight is 266 g/mol. The van der Waals surface area contributed by atoms with Crippen LogP contribution >= 0.6 is 0 Å². The first-order valence-electron chi connectivity index (χ1n) is 7.97. The third kappa shape index (κ3) is 3.29. The van der Waals surface area contributed by atoms with Crippen LogP contribution < -0.4 is 5.32 Å². The summed E-state index contributed by atoms with van der Waals surface area (Å²) in [6.45, 7) is 2.14. The molecule has 1 saturated heterocycles. The van der Waals surface area contributed by atoms with E-state index in [-0.39, 0.29) is 6.04 Å². The Morgan fingerprint density at radius 1 is 1.21 bits per heavy atom. The molecule has 19 heavy (non-hydrogen) atoms. The minimum absolute atomic E-state index is 0.338. The molecule has 0 aromatic rings. The van der Waals surface area contributed by atoms with Crippen molar-refractivity contribution in [1.82, 2.24) is 10.2 Å². The van der Waals surface area contributed by atoms with Crippen molar-refractivity contribution in [2.24, 2.45) is 5.92 Å². The molecule has 3 unspecified atom stereocenters. The maximum absolute atomic E-state index is 11.3. The van der Waals surface area contributed by atoms with E-state index in [1.165, 1.54) is 38.6 Å². The first-order chi connectivity index (χ1) is 9.24. The predicted molar refractivity (Wildman–Crippen MR) is 74.1 cm³/mol. The Bertz CT molecular complexity index is 330. The van der Waals surface area contributed by atoms with E-state index in [9.17, 15) is 9.90 Å². The molecule has 0 aromatic carbocycles. The molecule has 3 aliphatic rings. The first kappa shape index (κ1) is 13.4. The lowest BCUT2D eigenvalue weighted by atomic mass is 9.85. The summed E-state index contributed by atoms with van der Waals surface area (Å²) in [7, 11) is 0. The Kier molecular flexibility index (Phi) is 4.08. The van der Waals surface area contributed by atoms with Crippen LogP contribution in [0.2, 0.25) is 0 Å². The summed E-state index contributed by atoms with van der Waals surface area (Å²) < 4.78 is 0. The van der Waals surface area contributed by atoms with Gasteiger partial charge >= 0.3 is 5.97 Å². The number of aliphatic carboxylic acids is 1. The highest BCUT2D eigenvalue weighted by molar-refractivity contribution is 5.73. The van der Waals surface area contributed by atoms with Crippen LogP contribution in [0.25, 0.3) is 0 Å². The van der Waals surface area contributed by atoms with Gasteiger partial charge in [-0.15, -0.1) is 0 Å². The van der Waals surface area contributed by atoms with E-state index in [1.807, 2.05) is 0 Å². The second kappa shape index (κ2) is 5.80. The van der Waals surface area contributed by atoms with Crippen LogP contribution in [0.3, 0.4) is 0 Å². The molecule has 1 aliphatic heterocycles. The highest BCUT2D eigenvalue weighted by Crippen LogP contribution is 2.36. The van der Waals surface area contributed by atoms with E-state index in [1.54, 1.807) is 0 Å². The zero-order chi connectivity index (χ0) is 13.2. The maximum atomic E-state index is 11.3. The Hall–Kier alpha value is -0.610. The van der Waals surface area contributed by atoms with E-state index in [0.717, 1.165) is 37.8 Å². The van der Waals surface area contributed by atoms with Gasteiger partial charge in [0, 0.05) is 18.6 Å². The highest BCUT2D eigenvalue weighted by atomic mass is 16.4. The lowest BCUT2D eigenvalue weighted by molar-refractivity contribution is -0.139. The molecule has 4 heteroatoms. The van der Waals surface area contributed by atoms with Gasteiger partial charge in [-0.3, -0.25) is 4.79 Å². The smallest absolute Gasteiger partial charge is 0.320 e.